The van der Waals surface area contributed by atoms with Crippen molar-refractivity contribution in [2.75, 3.05) is 0 Å². The van der Waals surface area contributed by atoms with Crippen LogP contribution in [-0.2, 0) is 0 Å². The van der Waals surface area contributed by atoms with Gasteiger partial charge in [0.2, 0.25) is 5.89 Å². The number of nitrogens with zero attached hydrogens (tertiary/aromatic N) is 4. The van der Waals surface area contributed by atoms with Gasteiger partial charge in [-0.2, -0.15) is 13.9 Å². The third-order valence-corrected chi connectivity index (χ3v) is 3.63. The molecule has 1 aliphatic rings. The van der Waals surface area contributed by atoms with Crippen molar-refractivity contribution in [1.29, 1.82) is 0 Å². The van der Waals surface area contributed by atoms with E-state index in [0.717, 1.165) is 11.4 Å². The summed E-state index contributed by atoms with van der Waals surface area (Å²) in [6, 6.07) is 9.28. The maximum atomic E-state index is 12.5. The van der Waals surface area contributed by atoms with Gasteiger partial charge in [0.05, 0.1) is 5.69 Å². The molecule has 0 atom stereocenters. The largest absolute Gasteiger partial charge is 0.415 e. The molecule has 0 spiro atoms. The molecule has 1 aromatic carbocycles. The molecule has 1 saturated carbocycles. The van der Waals surface area contributed by atoms with E-state index in [0.29, 0.717) is 11.5 Å². The van der Waals surface area contributed by atoms with Crippen LogP contribution in [-0.4, -0.2) is 20.0 Å². The maximum absolute atomic E-state index is 12.5. The minimum atomic E-state index is -2.77. The van der Waals surface area contributed by atoms with Crippen LogP contribution >= 0.6 is 0 Å². The number of aromatic nitrogens is 4. The maximum Gasteiger partial charge on any atom is 0.314 e. The zero-order valence-corrected chi connectivity index (χ0v) is 11.5. The Morgan fingerprint density at radius 2 is 2.05 bits per heavy atom. The molecule has 0 radical (unpaired) electrons. The molecular weight excluding hydrogens is 290 g/mol. The summed E-state index contributed by atoms with van der Waals surface area (Å²) in [6.45, 7) is 0. The third kappa shape index (κ3) is 2.28. The van der Waals surface area contributed by atoms with E-state index in [2.05, 4.69) is 15.3 Å². The first-order valence-corrected chi connectivity index (χ1v) is 6.98. The molecule has 0 unspecified atom stereocenters. The SMILES string of the molecule is FC(F)c1nnc(-c2cccc(-n3nccc3C3CC3)c2)o1. The Hall–Kier alpha value is -2.57. The zero-order valence-electron chi connectivity index (χ0n) is 11.5. The second-order valence-electron chi connectivity index (χ2n) is 5.24. The molecule has 22 heavy (non-hydrogen) atoms. The molecule has 7 heteroatoms. The second kappa shape index (κ2) is 5.01. The summed E-state index contributed by atoms with van der Waals surface area (Å²) in [5.41, 5.74) is 2.60. The van der Waals surface area contributed by atoms with E-state index in [4.69, 9.17) is 4.42 Å². The first kappa shape index (κ1) is 13.1. The van der Waals surface area contributed by atoms with Crippen LogP contribution in [0.1, 0.15) is 36.8 Å². The van der Waals surface area contributed by atoms with Crippen LogP contribution in [0.5, 0.6) is 0 Å². The van der Waals surface area contributed by atoms with E-state index in [-0.39, 0.29) is 5.89 Å². The van der Waals surface area contributed by atoms with Gasteiger partial charge in [0.1, 0.15) is 0 Å². The minimum absolute atomic E-state index is 0.0808. The summed E-state index contributed by atoms with van der Waals surface area (Å²) in [5, 5.41) is 11.4. The van der Waals surface area contributed by atoms with Crippen molar-refractivity contribution in [2.45, 2.75) is 25.2 Å². The molecule has 1 aliphatic carbocycles. The normalized spacial score (nSPS) is 14.7. The molecule has 112 valence electrons. The molecule has 0 N–H and O–H groups in total. The number of alkyl halides is 2. The highest BCUT2D eigenvalue weighted by molar-refractivity contribution is 5.57. The van der Waals surface area contributed by atoms with Crippen LogP contribution in [0.2, 0.25) is 0 Å². The Labute approximate surface area is 124 Å². The Bertz CT molecular complexity index is 807. The van der Waals surface area contributed by atoms with E-state index >= 15 is 0 Å². The predicted octanol–water partition coefficient (Wildman–Crippen LogP) is 3.74. The molecule has 2 aromatic heterocycles. The molecule has 0 aliphatic heterocycles. The molecule has 0 bridgehead atoms. The summed E-state index contributed by atoms with van der Waals surface area (Å²) in [7, 11) is 0. The highest BCUT2D eigenvalue weighted by atomic mass is 19.3. The molecule has 0 saturated heterocycles. The highest BCUT2D eigenvalue weighted by Crippen LogP contribution is 2.40. The predicted molar refractivity (Wildman–Crippen MR) is 73.8 cm³/mol. The monoisotopic (exact) mass is 302 g/mol. The van der Waals surface area contributed by atoms with Crippen LogP contribution in [0.3, 0.4) is 0 Å². The van der Waals surface area contributed by atoms with E-state index in [1.807, 2.05) is 28.9 Å². The van der Waals surface area contributed by atoms with Gasteiger partial charge in [-0.25, -0.2) is 4.68 Å². The number of halogens is 2. The van der Waals surface area contributed by atoms with E-state index in [9.17, 15) is 8.78 Å². The fraction of sp³-hybridized carbons (Fsp3) is 0.267. The molecule has 0 amide bonds. The molecular formula is C15H12F2N4O. The van der Waals surface area contributed by atoms with Gasteiger partial charge in [0.25, 0.3) is 5.89 Å². The van der Waals surface area contributed by atoms with Crippen molar-refractivity contribution in [2.24, 2.45) is 0 Å². The zero-order chi connectivity index (χ0) is 15.1. The van der Waals surface area contributed by atoms with Gasteiger partial charge in [0.15, 0.2) is 0 Å². The van der Waals surface area contributed by atoms with Gasteiger partial charge in [-0.1, -0.05) is 6.07 Å². The fourth-order valence-corrected chi connectivity index (χ4v) is 2.43. The molecule has 4 rings (SSSR count). The Morgan fingerprint density at radius 3 is 2.77 bits per heavy atom. The van der Waals surface area contributed by atoms with Gasteiger partial charge < -0.3 is 4.42 Å². The summed E-state index contributed by atoms with van der Waals surface area (Å²) in [4.78, 5) is 0. The first-order chi connectivity index (χ1) is 10.7. The lowest BCUT2D eigenvalue weighted by molar-refractivity contribution is 0.116. The van der Waals surface area contributed by atoms with Crippen molar-refractivity contribution < 1.29 is 13.2 Å². The smallest absolute Gasteiger partial charge is 0.314 e. The van der Waals surface area contributed by atoms with E-state index in [1.54, 1.807) is 12.3 Å². The van der Waals surface area contributed by atoms with Gasteiger partial charge >= 0.3 is 6.43 Å². The van der Waals surface area contributed by atoms with Crippen LogP contribution < -0.4 is 0 Å². The highest BCUT2D eigenvalue weighted by Gasteiger charge is 2.27. The van der Waals surface area contributed by atoms with Crippen molar-refractivity contribution in [3.63, 3.8) is 0 Å². The molecule has 5 nitrogen and oxygen atoms in total. The second-order valence-corrected chi connectivity index (χ2v) is 5.24. The Morgan fingerprint density at radius 1 is 1.18 bits per heavy atom. The van der Waals surface area contributed by atoms with E-state index < -0.39 is 12.3 Å². The number of rotatable bonds is 4. The summed E-state index contributed by atoms with van der Waals surface area (Å²) < 4.78 is 31.9. The van der Waals surface area contributed by atoms with Crippen LogP contribution in [0.4, 0.5) is 8.78 Å². The molecule has 1 fully saturated rings. The van der Waals surface area contributed by atoms with Crippen LogP contribution in [0.15, 0.2) is 40.9 Å². The molecule has 2 heterocycles. The van der Waals surface area contributed by atoms with Gasteiger partial charge in [-0.15, -0.1) is 10.2 Å². The summed E-state index contributed by atoms with van der Waals surface area (Å²) in [5.74, 6) is -0.0320. The fourth-order valence-electron chi connectivity index (χ4n) is 2.43. The average molecular weight is 302 g/mol. The van der Waals surface area contributed by atoms with E-state index in [1.165, 1.54) is 12.8 Å². The Balaban J connectivity index is 1.72. The number of hydrogen-bond acceptors (Lipinski definition) is 4. The quantitative estimate of drug-likeness (QED) is 0.736. The topological polar surface area (TPSA) is 56.7 Å². The van der Waals surface area contributed by atoms with Crippen molar-refractivity contribution in [3.05, 3.63) is 48.1 Å². The van der Waals surface area contributed by atoms with Crippen LogP contribution in [0, 0.1) is 0 Å². The third-order valence-electron chi connectivity index (χ3n) is 3.63. The number of benzene rings is 1. The lowest BCUT2D eigenvalue weighted by atomic mass is 10.2. The van der Waals surface area contributed by atoms with Gasteiger partial charge in [-0.3, -0.25) is 0 Å². The van der Waals surface area contributed by atoms with Crippen molar-refractivity contribution in [1.82, 2.24) is 20.0 Å². The standard InChI is InChI=1S/C15H12F2N4O/c16-13(17)15-20-19-14(22-15)10-2-1-3-11(8-10)21-12(6-7-18-21)9-4-5-9/h1-3,6-9,13H,4-5H2. The summed E-state index contributed by atoms with van der Waals surface area (Å²) in [6.07, 6.45) is 1.35. The van der Waals surface area contributed by atoms with Gasteiger partial charge in [-0.05, 0) is 37.1 Å². The minimum Gasteiger partial charge on any atom is -0.415 e. The number of hydrogen-bond donors (Lipinski definition) is 0. The van der Waals surface area contributed by atoms with Gasteiger partial charge in [0, 0.05) is 23.4 Å². The lowest BCUT2D eigenvalue weighted by Crippen LogP contribution is -2.01. The van der Waals surface area contributed by atoms with Crippen LogP contribution in [0.25, 0.3) is 17.1 Å². The Kier molecular flexibility index (Phi) is 2.99. The molecule has 3 aromatic rings. The first-order valence-electron chi connectivity index (χ1n) is 6.98. The average Bonchev–Trinajstić information content (AvgIpc) is 3.06. The van der Waals surface area contributed by atoms with Crippen molar-refractivity contribution >= 4 is 0 Å². The lowest BCUT2D eigenvalue weighted by Gasteiger charge is -2.07. The van der Waals surface area contributed by atoms with Crippen molar-refractivity contribution in [3.8, 4) is 17.1 Å². The summed E-state index contributed by atoms with van der Waals surface area (Å²) >= 11 is 0.